The predicted octanol–water partition coefficient (Wildman–Crippen LogP) is -0.0653. The first-order chi connectivity index (χ1) is 6.15. The summed E-state index contributed by atoms with van der Waals surface area (Å²) in [4.78, 5) is 13.9. The molecular weight excluding hydrogens is 166 g/mol. The maximum atomic E-state index is 11.0. The van der Waals surface area contributed by atoms with Crippen molar-refractivity contribution in [3.8, 4) is 0 Å². The molecule has 0 bridgehead atoms. The second-order valence-corrected chi connectivity index (χ2v) is 2.57. The molecule has 0 aliphatic carbocycles. The van der Waals surface area contributed by atoms with Crippen molar-refractivity contribution in [3.63, 3.8) is 0 Å². The summed E-state index contributed by atoms with van der Waals surface area (Å²) in [5.74, 6) is -0.430. The number of aromatic nitrogens is 1. The minimum atomic E-state index is -0.430. The Morgan fingerprint density at radius 1 is 1.69 bits per heavy atom. The van der Waals surface area contributed by atoms with Gasteiger partial charge in [0.05, 0.1) is 12.7 Å². The van der Waals surface area contributed by atoms with Crippen molar-refractivity contribution in [1.82, 2.24) is 4.98 Å². The van der Waals surface area contributed by atoms with Crippen LogP contribution in [0.4, 0.5) is 0 Å². The van der Waals surface area contributed by atoms with Crippen LogP contribution in [0.5, 0.6) is 0 Å². The lowest BCUT2D eigenvalue weighted by Crippen LogP contribution is -2.21. The van der Waals surface area contributed by atoms with Gasteiger partial charge >= 0.3 is 5.97 Å². The number of carbonyl (C=O) groups excluding carboxylic acids is 1. The molecule has 13 heavy (non-hydrogen) atoms. The van der Waals surface area contributed by atoms with Crippen LogP contribution in [0.3, 0.4) is 0 Å². The summed E-state index contributed by atoms with van der Waals surface area (Å²) in [6.07, 6.45) is 3.38. The number of H-pyrrole nitrogens is 1. The molecule has 0 aliphatic heterocycles. The molecule has 68 valence electrons. The van der Waals surface area contributed by atoms with Crippen LogP contribution < -0.4 is 10.6 Å². The number of hydrogen-bond acceptors (Lipinski definition) is 2. The standard InChI is InChI=1S/C10H11NO2/c1-7(10(12)13-3)6-9-4-5-11-8(9)2/h4-6,11H,1-2H2,3H3/b9-6-. The predicted molar refractivity (Wildman–Crippen MR) is 51.2 cm³/mol. The van der Waals surface area contributed by atoms with Gasteiger partial charge in [-0.25, -0.2) is 4.79 Å². The molecule has 0 saturated heterocycles. The minimum Gasteiger partial charge on any atom is -0.465 e. The van der Waals surface area contributed by atoms with E-state index in [1.54, 1.807) is 12.3 Å². The van der Waals surface area contributed by atoms with Crippen molar-refractivity contribution < 1.29 is 9.53 Å². The van der Waals surface area contributed by atoms with Crippen LogP contribution in [0.1, 0.15) is 0 Å². The minimum absolute atomic E-state index is 0.312. The number of esters is 1. The number of nitrogens with one attached hydrogen (secondary N) is 1. The summed E-state index contributed by atoms with van der Waals surface area (Å²) in [7, 11) is 1.32. The smallest absolute Gasteiger partial charge is 0.337 e. The maximum absolute atomic E-state index is 11.0. The highest BCUT2D eigenvalue weighted by Gasteiger charge is 2.01. The third kappa shape index (κ3) is 2.08. The zero-order valence-corrected chi connectivity index (χ0v) is 7.46. The summed E-state index contributed by atoms with van der Waals surface area (Å²) >= 11 is 0. The molecular formula is C10H11NO2. The Morgan fingerprint density at radius 2 is 2.38 bits per heavy atom. The Hall–Kier alpha value is -1.77. The van der Waals surface area contributed by atoms with Gasteiger partial charge in [-0.1, -0.05) is 13.2 Å². The highest BCUT2D eigenvalue weighted by Crippen LogP contribution is 1.93. The number of hydrogen-bond donors (Lipinski definition) is 1. The number of rotatable bonds is 2. The normalized spacial score (nSPS) is 11.3. The molecule has 0 saturated carbocycles. The summed E-state index contributed by atoms with van der Waals surface area (Å²) < 4.78 is 4.50. The van der Waals surface area contributed by atoms with Gasteiger partial charge in [0.2, 0.25) is 0 Å². The first-order valence-corrected chi connectivity index (χ1v) is 3.76. The first kappa shape index (κ1) is 9.32. The van der Waals surface area contributed by atoms with E-state index < -0.39 is 5.97 Å². The third-order valence-electron chi connectivity index (χ3n) is 1.65. The van der Waals surface area contributed by atoms with Crippen molar-refractivity contribution in [3.05, 3.63) is 35.0 Å². The van der Waals surface area contributed by atoms with Crippen LogP contribution in [0, 0.1) is 0 Å². The van der Waals surface area contributed by atoms with Crippen LogP contribution in [-0.2, 0) is 9.53 Å². The fourth-order valence-corrected chi connectivity index (χ4v) is 0.929. The van der Waals surface area contributed by atoms with Gasteiger partial charge in [0.1, 0.15) is 0 Å². The van der Waals surface area contributed by atoms with E-state index in [0.717, 1.165) is 10.6 Å². The lowest BCUT2D eigenvalue weighted by atomic mass is 10.2. The molecule has 0 fully saturated rings. The van der Waals surface area contributed by atoms with Crippen molar-refractivity contribution in [2.24, 2.45) is 0 Å². The van der Waals surface area contributed by atoms with Crippen LogP contribution in [0.2, 0.25) is 0 Å². The van der Waals surface area contributed by atoms with Gasteiger partial charge in [-0.2, -0.15) is 0 Å². The Labute approximate surface area is 76.0 Å². The van der Waals surface area contributed by atoms with Gasteiger partial charge in [-0.15, -0.1) is 0 Å². The van der Waals surface area contributed by atoms with Crippen LogP contribution in [0.15, 0.2) is 24.4 Å². The van der Waals surface area contributed by atoms with E-state index in [1.165, 1.54) is 7.11 Å². The SMILES string of the molecule is C=C(/C=c1/cc[nH]c1=C)C(=O)OC. The van der Waals surface area contributed by atoms with Crippen LogP contribution in [-0.4, -0.2) is 18.1 Å². The van der Waals surface area contributed by atoms with Crippen molar-refractivity contribution in [1.29, 1.82) is 0 Å². The monoisotopic (exact) mass is 177 g/mol. The van der Waals surface area contributed by atoms with E-state index >= 15 is 0 Å². The molecule has 0 spiro atoms. The molecule has 0 radical (unpaired) electrons. The van der Waals surface area contributed by atoms with Gasteiger partial charge in [0.15, 0.2) is 0 Å². The molecule has 3 heteroatoms. The number of aromatic amines is 1. The molecule has 0 atom stereocenters. The molecule has 0 unspecified atom stereocenters. The second-order valence-electron chi connectivity index (χ2n) is 2.57. The molecule has 1 N–H and O–H groups in total. The van der Waals surface area contributed by atoms with Crippen molar-refractivity contribution >= 4 is 18.6 Å². The number of methoxy groups -OCH3 is 1. The Balaban J connectivity index is 3.03. The highest BCUT2D eigenvalue weighted by molar-refractivity contribution is 5.96. The zero-order valence-electron chi connectivity index (χ0n) is 7.46. The first-order valence-electron chi connectivity index (χ1n) is 3.76. The van der Waals surface area contributed by atoms with Crippen LogP contribution in [0.25, 0.3) is 12.7 Å². The van der Waals surface area contributed by atoms with Gasteiger partial charge < -0.3 is 9.72 Å². The van der Waals surface area contributed by atoms with E-state index in [0.29, 0.717) is 5.57 Å². The molecule has 1 rings (SSSR count). The Bertz CT molecular complexity index is 428. The summed E-state index contributed by atoms with van der Waals surface area (Å²) in [6, 6.07) is 1.82. The fraction of sp³-hybridized carbons (Fsp3) is 0.100. The van der Waals surface area contributed by atoms with Crippen molar-refractivity contribution in [2.75, 3.05) is 7.11 Å². The Morgan fingerprint density at radius 3 is 2.85 bits per heavy atom. The maximum Gasteiger partial charge on any atom is 0.337 e. The molecule has 0 aromatic carbocycles. The van der Waals surface area contributed by atoms with Gasteiger partial charge in [-0.05, 0) is 17.4 Å². The van der Waals surface area contributed by atoms with Crippen LogP contribution >= 0.6 is 0 Å². The third-order valence-corrected chi connectivity index (χ3v) is 1.65. The quantitative estimate of drug-likeness (QED) is 0.507. The average Bonchev–Trinajstić information content (AvgIpc) is 2.50. The topological polar surface area (TPSA) is 42.1 Å². The van der Waals surface area contributed by atoms with Crippen molar-refractivity contribution in [2.45, 2.75) is 0 Å². The van der Waals surface area contributed by atoms with Gasteiger partial charge in [0, 0.05) is 11.5 Å². The average molecular weight is 177 g/mol. The van der Waals surface area contributed by atoms with Gasteiger partial charge in [0.25, 0.3) is 0 Å². The summed E-state index contributed by atoms with van der Waals surface area (Å²) in [5, 5.41) is 1.60. The van der Waals surface area contributed by atoms with E-state index in [1.807, 2.05) is 6.07 Å². The lowest BCUT2D eigenvalue weighted by Gasteiger charge is -1.94. The van der Waals surface area contributed by atoms with E-state index in [4.69, 9.17) is 0 Å². The molecule has 0 amide bonds. The molecule has 1 heterocycles. The van der Waals surface area contributed by atoms with E-state index in [9.17, 15) is 4.79 Å². The molecule has 0 aliphatic rings. The highest BCUT2D eigenvalue weighted by atomic mass is 16.5. The van der Waals surface area contributed by atoms with E-state index in [2.05, 4.69) is 22.9 Å². The Kier molecular flexibility index (Phi) is 2.69. The number of carbonyl (C=O) groups is 1. The second kappa shape index (κ2) is 3.76. The largest absolute Gasteiger partial charge is 0.465 e. The molecule has 1 aromatic rings. The summed E-state index contributed by atoms with van der Waals surface area (Å²) in [5.41, 5.74) is 0.312. The summed E-state index contributed by atoms with van der Waals surface area (Å²) in [6.45, 7) is 7.31. The zero-order chi connectivity index (χ0) is 9.84. The van der Waals surface area contributed by atoms with E-state index in [-0.39, 0.29) is 0 Å². The lowest BCUT2D eigenvalue weighted by molar-refractivity contribution is -0.135. The molecule has 3 nitrogen and oxygen atoms in total. The number of ether oxygens (including phenoxy) is 1. The fourth-order valence-electron chi connectivity index (χ4n) is 0.929. The van der Waals surface area contributed by atoms with Gasteiger partial charge in [-0.3, -0.25) is 0 Å². The molecule has 1 aromatic heterocycles.